The Labute approximate surface area is 141 Å². The van der Waals surface area contributed by atoms with E-state index in [4.69, 9.17) is 10.3 Å². The van der Waals surface area contributed by atoms with Crippen molar-refractivity contribution in [1.82, 2.24) is 10.1 Å². The SMILES string of the molecule is NC(=O)[C@H]1CC(c2nc(-c3ccsc3)no2)=NN1c1ccccc1. The van der Waals surface area contributed by atoms with Crippen LogP contribution in [0.1, 0.15) is 12.3 Å². The molecule has 0 fully saturated rings. The maximum Gasteiger partial charge on any atom is 0.274 e. The molecule has 4 rings (SSSR count). The molecule has 24 heavy (non-hydrogen) atoms. The van der Waals surface area contributed by atoms with Gasteiger partial charge < -0.3 is 10.3 Å². The van der Waals surface area contributed by atoms with Gasteiger partial charge in [-0.1, -0.05) is 23.4 Å². The maximum atomic E-state index is 11.8. The van der Waals surface area contributed by atoms with E-state index in [0.29, 0.717) is 23.8 Å². The molecule has 1 aliphatic rings. The number of nitrogens with two attached hydrogens (primary N) is 1. The van der Waals surface area contributed by atoms with E-state index in [-0.39, 0.29) is 0 Å². The number of anilines is 1. The van der Waals surface area contributed by atoms with Crippen LogP contribution < -0.4 is 10.7 Å². The van der Waals surface area contributed by atoms with E-state index < -0.39 is 11.9 Å². The van der Waals surface area contributed by atoms with E-state index in [1.165, 1.54) is 0 Å². The predicted molar refractivity (Wildman–Crippen MR) is 90.7 cm³/mol. The first-order valence-corrected chi connectivity index (χ1v) is 8.24. The van der Waals surface area contributed by atoms with Crippen LogP contribution in [0.25, 0.3) is 11.4 Å². The molecule has 0 radical (unpaired) electrons. The number of hydrogen-bond acceptors (Lipinski definition) is 7. The van der Waals surface area contributed by atoms with E-state index in [9.17, 15) is 4.79 Å². The van der Waals surface area contributed by atoms with Crippen molar-refractivity contribution >= 4 is 28.6 Å². The van der Waals surface area contributed by atoms with E-state index in [1.54, 1.807) is 16.3 Å². The van der Waals surface area contributed by atoms with Crippen LogP contribution >= 0.6 is 11.3 Å². The minimum atomic E-state index is -0.570. The molecule has 8 heteroatoms. The van der Waals surface area contributed by atoms with Gasteiger partial charge >= 0.3 is 0 Å². The molecular formula is C16H13N5O2S. The lowest BCUT2D eigenvalue weighted by atomic mass is 10.1. The Hall–Kier alpha value is -3.00. The zero-order chi connectivity index (χ0) is 16.5. The molecule has 0 spiro atoms. The molecule has 1 aromatic carbocycles. The van der Waals surface area contributed by atoms with Gasteiger partial charge in [-0.3, -0.25) is 9.80 Å². The lowest BCUT2D eigenvalue weighted by molar-refractivity contribution is -0.119. The molecule has 2 N–H and O–H groups in total. The van der Waals surface area contributed by atoms with Gasteiger partial charge in [-0.15, -0.1) is 0 Å². The topological polar surface area (TPSA) is 97.6 Å². The summed E-state index contributed by atoms with van der Waals surface area (Å²) >= 11 is 1.56. The summed E-state index contributed by atoms with van der Waals surface area (Å²) in [6.07, 6.45) is 0.329. The molecule has 0 saturated heterocycles. The Kier molecular flexibility index (Phi) is 3.58. The van der Waals surface area contributed by atoms with Crippen molar-refractivity contribution in [1.29, 1.82) is 0 Å². The van der Waals surface area contributed by atoms with Gasteiger partial charge in [-0.2, -0.15) is 21.4 Å². The molecule has 2 aromatic heterocycles. The number of rotatable bonds is 4. The van der Waals surface area contributed by atoms with Crippen LogP contribution in [0.15, 0.2) is 56.8 Å². The summed E-state index contributed by atoms with van der Waals surface area (Å²) in [6, 6.07) is 10.7. The average Bonchev–Trinajstić information content (AvgIpc) is 3.33. The number of nitrogens with zero attached hydrogens (tertiary/aromatic N) is 4. The highest BCUT2D eigenvalue weighted by Gasteiger charge is 2.34. The van der Waals surface area contributed by atoms with Crippen LogP contribution in [0.3, 0.4) is 0 Å². The summed E-state index contributed by atoms with van der Waals surface area (Å²) in [7, 11) is 0. The third-order valence-corrected chi connectivity index (χ3v) is 4.40. The average molecular weight is 339 g/mol. The lowest BCUT2D eigenvalue weighted by Crippen LogP contribution is -2.39. The second-order valence-corrected chi connectivity index (χ2v) is 6.06. The molecule has 3 heterocycles. The van der Waals surface area contributed by atoms with E-state index in [1.807, 2.05) is 47.2 Å². The second kappa shape index (κ2) is 5.89. The van der Waals surface area contributed by atoms with Crippen molar-refractivity contribution in [3.8, 4) is 11.4 Å². The van der Waals surface area contributed by atoms with Gasteiger partial charge in [0, 0.05) is 17.4 Å². The van der Waals surface area contributed by atoms with Gasteiger partial charge in [0.05, 0.1) is 5.69 Å². The molecule has 1 aliphatic heterocycles. The van der Waals surface area contributed by atoms with Gasteiger partial charge in [0.15, 0.2) is 0 Å². The van der Waals surface area contributed by atoms with Crippen molar-refractivity contribution in [2.45, 2.75) is 12.5 Å². The third-order valence-electron chi connectivity index (χ3n) is 3.71. The van der Waals surface area contributed by atoms with Crippen LogP contribution in [0.2, 0.25) is 0 Å². The largest absolute Gasteiger partial charge is 0.368 e. The Bertz CT molecular complexity index is 888. The highest BCUT2D eigenvalue weighted by molar-refractivity contribution is 7.08. The molecule has 0 bridgehead atoms. The number of amides is 1. The first-order valence-electron chi connectivity index (χ1n) is 7.30. The Morgan fingerprint density at radius 3 is 2.83 bits per heavy atom. The van der Waals surface area contributed by atoms with Gasteiger partial charge in [-0.05, 0) is 23.6 Å². The van der Waals surface area contributed by atoms with E-state index >= 15 is 0 Å². The molecular weight excluding hydrogens is 326 g/mol. The molecule has 0 aliphatic carbocycles. The Morgan fingerprint density at radius 2 is 2.12 bits per heavy atom. The molecule has 3 aromatic rings. The number of carbonyl (C=O) groups excluding carboxylic acids is 1. The van der Waals surface area contributed by atoms with Crippen LogP contribution in [-0.2, 0) is 4.79 Å². The highest BCUT2D eigenvalue weighted by Crippen LogP contribution is 2.27. The predicted octanol–water partition coefficient (Wildman–Crippen LogP) is 2.27. The molecule has 0 saturated carbocycles. The zero-order valence-electron chi connectivity index (χ0n) is 12.5. The number of carbonyl (C=O) groups is 1. The number of para-hydroxylation sites is 1. The van der Waals surface area contributed by atoms with Crippen molar-refractivity contribution in [2.75, 3.05) is 5.01 Å². The van der Waals surface area contributed by atoms with Crippen LogP contribution in [0, 0.1) is 0 Å². The quantitative estimate of drug-likeness (QED) is 0.786. The standard InChI is InChI=1S/C16H13N5O2S/c17-14(22)13-8-12(19-21(13)11-4-2-1-3-5-11)16-18-15(20-23-16)10-6-7-24-9-10/h1-7,9,13H,8H2,(H2,17,22)/t13-/m1/s1. The normalized spacial score (nSPS) is 17.1. The van der Waals surface area contributed by atoms with Gasteiger partial charge in [0.25, 0.3) is 5.89 Å². The van der Waals surface area contributed by atoms with Gasteiger partial charge in [0.2, 0.25) is 11.7 Å². The van der Waals surface area contributed by atoms with Crippen molar-refractivity contribution in [3.63, 3.8) is 0 Å². The van der Waals surface area contributed by atoms with Crippen LogP contribution in [-0.4, -0.2) is 27.8 Å². The maximum absolute atomic E-state index is 11.8. The summed E-state index contributed by atoms with van der Waals surface area (Å²) in [4.78, 5) is 16.2. The fourth-order valence-electron chi connectivity index (χ4n) is 2.53. The number of hydrogen-bond donors (Lipinski definition) is 1. The molecule has 1 amide bonds. The summed E-state index contributed by atoms with van der Waals surface area (Å²) in [5, 5.41) is 13.9. The Morgan fingerprint density at radius 1 is 1.29 bits per heavy atom. The molecule has 0 unspecified atom stereocenters. The minimum absolute atomic E-state index is 0.306. The second-order valence-electron chi connectivity index (χ2n) is 5.28. The van der Waals surface area contributed by atoms with Crippen molar-refractivity contribution in [3.05, 3.63) is 53.0 Å². The lowest BCUT2D eigenvalue weighted by Gasteiger charge is -2.20. The zero-order valence-corrected chi connectivity index (χ0v) is 13.3. The fraction of sp³-hybridized carbons (Fsp3) is 0.125. The number of benzene rings is 1. The van der Waals surface area contributed by atoms with E-state index in [0.717, 1.165) is 11.3 Å². The van der Waals surface area contributed by atoms with E-state index in [2.05, 4.69) is 15.2 Å². The number of aromatic nitrogens is 2. The van der Waals surface area contributed by atoms with Gasteiger partial charge in [0.1, 0.15) is 11.8 Å². The van der Waals surface area contributed by atoms with Crippen molar-refractivity contribution in [2.24, 2.45) is 10.8 Å². The van der Waals surface area contributed by atoms with Gasteiger partial charge in [-0.25, -0.2) is 0 Å². The number of primary amides is 1. The third kappa shape index (κ3) is 2.56. The summed E-state index contributed by atoms with van der Waals surface area (Å²) in [5.41, 5.74) is 7.76. The minimum Gasteiger partial charge on any atom is -0.368 e. The molecule has 7 nitrogen and oxygen atoms in total. The van der Waals surface area contributed by atoms with Crippen molar-refractivity contribution < 1.29 is 9.32 Å². The molecule has 120 valence electrons. The van der Waals surface area contributed by atoms with Crippen LogP contribution in [0.4, 0.5) is 5.69 Å². The first-order chi connectivity index (χ1) is 11.7. The highest BCUT2D eigenvalue weighted by atomic mass is 32.1. The monoisotopic (exact) mass is 339 g/mol. The van der Waals surface area contributed by atoms with Crippen LogP contribution in [0.5, 0.6) is 0 Å². The smallest absolute Gasteiger partial charge is 0.274 e. The summed E-state index contributed by atoms with van der Waals surface area (Å²) in [6.45, 7) is 0. The molecule has 1 atom stereocenters. The summed E-state index contributed by atoms with van der Waals surface area (Å²) < 4.78 is 5.32. The summed E-state index contributed by atoms with van der Waals surface area (Å²) in [5.74, 6) is 0.360. The fourth-order valence-corrected chi connectivity index (χ4v) is 3.16. The first kappa shape index (κ1) is 14.6. The number of thiophene rings is 1. The Balaban J connectivity index is 1.67. The number of hydrazone groups is 1.